The summed E-state index contributed by atoms with van der Waals surface area (Å²) in [5, 5.41) is 5.42. The maximum Gasteiger partial charge on any atom is 0.449 e. The van der Waals surface area contributed by atoms with E-state index in [2.05, 4.69) is 15.6 Å². The minimum absolute atomic E-state index is 0.0142. The van der Waals surface area contributed by atoms with E-state index in [0.717, 1.165) is 4.57 Å². The lowest BCUT2D eigenvalue weighted by molar-refractivity contribution is -0.146. The van der Waals surface area contributed by atoms with Crippen molar-refractivity contribution in [2.45, 2.75) is 12.7 Å². The van der Waals surface area contributed by atoms with Gasteiger partial charge in [-0.3, -0.25) is 0 Å². The van der Waals surface area contributed by atoms with Crippen molar-refractivity contribution in [3.63, 3.8) is 0 Å². The summed E-state index contributed by atoms with van der Waals surface area (Å²) in [5.74, 6) is -0.994. The van der Waals surface area contributed by atoms with Crippen molar-refractivity contribution in [3.8, 4) is 0 Å². The predicted molar refractivity (Wildman–Crippen MR) is 93.2 cm³/mol. The van der Waals surface area contributed by atoms with Crippen LogP contribution in [-0.2, 0) is 12.7 Å². The number of nitrogens with zero attached hydrogens (tertiary/aromatic N) is 2. The summed E-state index contributed by atoms with van der Waals surface area (Å²) in [4.78, 5) is 15.6. The number of amides is 2. The first-order chi connectivity index (χ1) is 12.4. The van der Waals surface area contributed by atoms with E-state index >= 15 is 0 Å². The van der Waals surface area contributed by atoms with Gasteiger partial charge in [-0.15, -0.1) is 0 Å². The smallest absolute Gasteiger partial charge is 0.336 e. The normalized spacial score (nSPS) is 11.5. The van der Waals surface area contributed by atoms with Crippen LogP contribution in [0.1, 0.15) is 5.82 Å². The number of benzene rings is 2. The summed E-state index contributed by atoms with van der Waals surface area (Å²) >= 11 is 5.94. The van der Waals surface area contributed by atoms with Crippen LogP contribution in [0.4, 0.5) is 23.7 Å². The summed E-state index contributed by atoms with van der Waals surface area (Å²) in [5.41, 5.74) is 1.02. The molecule has 2 aromatic carbocycles. The molecule has 0 spiro atoms. The maximum atomic E-state index is 13.2. The lowest BCUT2D eigenvalue weighted by atomic mass is 10.3. The quantitative estimate of drug-likeness (QED) is 0.696. The Morgan fingerprint density at radius 1 is 1.12 bits per heavy atom. The highest BCUT2D eigenvalue weighted by atomic mass is 35.5. The van der Waals surface area contributed by atoms with Gasteiger partial charge >= 0.3 is 12.2 Å². The summed E-state index contributed by atoms with van der Waals surface area (Å²) in [6.45, 7) is -0.0922. The molecule has 3 rings (SSSR count). The molecule has 0 radical (unpaired) electrons. The van der Waals surface area contributed by atoms with Crippen molar-refractivity contribution < 1.29 is 18.0 Å². The van der Waals surface area contributed by atoms with Crippen molar-refractivity contribution in [1.29, 1.82) is 0 Å². The van der Waals surface area contributed by atoms with E-state index in [9.17, 15) is 18.0 Å². The van der Waals surface area contributed by atoms with E-state index in [-0.39, 0.29) is 18.6 Å². The number of fused-ring (bicyclic) bond motifs is 1. The van der Waals surface area contributed by atoms with Crippen LogP contribution in [0.3, 0.4) is 0 Å². The zero-order valence-corrected chi connectivity index (χ0v) is 14.1. The number of halogens is 4. The third kappa shape index (κ3) is 3.91. The largest absolute Gasteiger partial charge is 0.449 e. The molecule has 1 heterocycles. The lowest BCUT2D eigenvalue weighted by Crippen LogP contribution is -2.32. The van der Waals surface area contributed by atoms with Gasteiger partial charge < -0.3 is 15.2 Å². The van der Waals surface area contributed by atoms with Crippen LogP contribution in [0.25, 0.3) is 11.0 Å². The molecule has 0 aliphatic heterocycles. The molecule has 0 saturated carbocycles. The number of imidazole rings is 1. The summed E-state index contributed by atoms with van der Waals surface area (Å²) in [6.07, 6.45) is -4.58. The highest BCUT2D eigenvalue weighted by Gasteiger charge is 2.37. The fourth-order valence-electron chi connectivity index (χ4n) is 2.53. The molecule has 0 atom stereocenters. The van der Waals surface area contributed by atoms with Gasteiger partial charge in [0.05, 0.1) is 21.7 Å². The van der Waals surface area contributed by atoms with Crippen LogP contribution >= 0.6 is 11.6 Å². The molecule has 136 valence electrons. The zero-order chi connectivity index (χ0) is 18.7. The van der Waals surface area contributed by atoms with Crippen molar-refractivity contribution >= 4 is 34.4 Å². The Hall–Kier alpha value is -2.74. The number of carbonyl (C=O) groups is 1. The fraction of sp³-hybridized carbons (Fsp3) is 0.176. The number of anilines is 1. The van der Waals surface area contributed by atoms with Gasteiger partial charge in [0.2, 0.25) is 5.82 Å². The molecule has 0 fully saturated rings. The first-order valence-electron chi connectivity index (χ1n) is 7.68. The molecule has 0 saturated heterocycles. The average Bonchev–Trinajstić information content (AvgIpc) is 2.96. The molecular formula is C17H14ClF3N4O. The lowest BCUT2D eigenvalue weighted by Gasteiger charge is -2.13. The van der Waals surface area contributed by atoms with Crippen molar-refractivity contribution in [1.82, 2.24) is 14.9 Å². The van der Waals surface area contributed by atoms with Crippen LogP contribution in [0, 0.1) is 0 Å². The number of para-hydroxylation sites is 3. The number of carbonyl (C=O) groups excluding carboxylic acids is 1. The van der Waals surface area contributed by atoms with E-state index in [1.54, 1.807) is 42.5 Å². The highest BCUT2D eigenvalue weighted by Crippen LogP contribution is 2.31. The van der Waals surface area contributed by atoms with Gasteiger partial charge in [0.25, 0.3) is 0 Å². The highest BCUT2D eigenvalue weighted by molar-refractivity contribution is 6.33. The van der Waals surface area contributed by atoms with E-state index in [1.165, 1.54) is 6.07 Å². The molecule has 2 N–H and O–H groups in total. The molecule has 26 heavy (non-hydrogen) atoms. The minimum atomic E-state index is -4.58. The number of rotatable bonds is 4. The first-order valence-corrected chi connectivity index (χ1v) is 8.06. The predicted octanol–water partition coefficient (Wildman–Crippen LogP) is 4.53. The van der Waals surface area contributed by atoms with Crippen LogP contribution in [0.15, 0.2) is 48.5 Å². The molecule has 0 bridgehead atoms. The average molecular weight is 383 g/mol. The topological polar surface area (TPSA) is 59.0 Å². The monoisotopic (exact) mass is 382 g/mol. The number of hydrogen-bond acceptors (Lipinski definition) is 2. The third-order valence-corrected chi connectivity index (χ3v) is 3.98. The van der Waals surface area contributed by atoms with Gasteiger partial charge in [-0.05, 0) is 24.3 Å². The molecule has 0 aliphatic carbocycles. The number of nitrogens with one attached hydrogen (secondary N) is 2. The Bertz CT molecular complexity index is 939. The van der Waals surface area contributed by atoms with Crippen molar-refractivity contribution in [2.75, 3.05) is 11.9 Å². The standard InChI is InChI=1S/C17H14ClF3N4O/c18-11-5-1-2-6-12(11)24-16(26)22-9-10-25-14-8-4-3-7-13(14)23-15(25)17(19,20)21/h1-8H,9-10H2,(H2,22,24,26). The van der Waals surface area contributed by atoms with E-state index < -0.39 is 18.0 Å². The Balaban J connectivity index is 1.70. The van der Waals surface area contributed by atoms with Crippen molar-refractivity contribution in [2.24, 2.45) is 0 Å². The van der Waals surface area contributed by atoms with Crippen molar-refractivity contribution in [3.05, 3.63) is 59.4 Å². The molecular weight excluding hydrogens is 369 g/mol. The second-order valence-electron chi connectivity index (χ2n) is 5.43. The van der Waals surface area contributed by atoms with Crippen LogP contribution in [0.2, 0.25) is 5.02 Å². The number of aromatic nitrogens is 2. The summed E-state index contributed by atoms with van der Waals surface area (Å²) in [6, 6.07) is 12.4. The van der Waals surface area contributed by atoms with Crippen LogP contribution in [-0.4, -0.2) is 22.1 Å². The van der Waals surface area contributed by atoms with E-state index in [1.807, 2.05) is 0 Å². The van der Waals surface area contributed by atoms with Gasteiger partial charge in [-0.25, -0.2) is 9.78 Å². The fourth-order valence-corrected chi connectivity index (χ4v) is 2.71. The minimum Gasteiger partial charge on any atom is -0.336 e. The number of hydrogen-bond donors (Lipinski definition) is 2. The van der Waals surface area contributed by atoms with E-state index in [0.29, 0.717) is 16.2 Å². The van der Waals surface area contributed by atoms with Gasteiger partial charge in [-0.2, -0.15) is 13.2 Å². The molecule has 0 aliphatic rings. The Morgan fingerprint density at radius 2 is 1.81 bits per heavy atom. The molecule has 9 heteroatoms. The Kier molecular flexibility index (Phi) is 5.03. The molecule has 5 nitrogen and oxygen atoms in total. The van der Waals surface area contributed by atoms with Gasteiger partial charge in [0, 0.05) is 13.1 Å². The zero-order valence-electron chi connectivity index (χ0n) is 13.3. The Morgan fingerprint density at radius 3 is 2.54 bits per heavy atom. The van der Waals surface area contributed by atoms with Gasteiger partial charge in [0.15, 0.2) is 0 Å². The molecule has 3 aromatic rings. The van der Waals surface area contributed by atoms with Crippen LogP contribution < -0.4 is 10.6 Å². The van der Waals surface area contributed by atoms with E-state index in [4.69, 9.17) is 11.6 Å². The molecule has 0 unspecified atom stereocenters. The first kappa shape index (κ1) is 18.1. The maximum absolute atomic E-state index is 13.2. The SMILES string of the molecule is O=C(NCCn1c(C(F)(F)F)nc2ccccc21)Nc1ccccc1Cl. The number of alkyl halides is 3. The van der Waals surface area contributed by atoms with Gasteiger partial charge in [-0.1, -0.05) is 35.9 Å². The summed E-state index contributed by atoms with van der Waals surface area (Å²) < 4.78 is 40.7. The third-order valence-electron chi connectivity index (χ3n) is 3.65. The molecule has 1 aromatic heterocycles. The molecule has 2 amide bonds. The number of urea groups is 1. The second-order valence-corrected chi connectivity index (χ2v) is 5.84. The van der Waals surface area contributed by atoms with Gasteiger partial charge in [0.1, 0.15) is 0 Å². The van der Waals surface area contributed by atoms with Crippen LogP contribution in [0.5, 0.6) is 0 Å². The summed E-state index contributed by atoms with van der Waals surface area (Å²) in [7, 11) is 0. The second kappa shape index (κ2) is 7.25. The Labute approximate surface area is 151 Å².